The molecule has 2 amide bonds. The van der Waals surface area contributed by atoms with Gasteiger partial charge in [0.15, 0.2) is 0 Å². The summed E-state index contributed by atoms with van der Waals surface area (Å²) in [4.78, 5) is 24.1. The Labute approximate surface area is 94.4 Å². The smallest absolute Gasteiger partial charge is 0.415 e. The molecule has 0 atom stereocenters. The van der Waals surface area contributed by atoms with Gasteiger partial charge < -0.3 is 15.8 Å². The molecule has 6 nitrogen and oxygen atoms in total. The van der Waals surface area contributed by atoms with Crippen LogP contribution >= 0.6 is 0 Å². The average molecular weight is 227 g/mol. The molecule has 6 heteroatoms. The van der Waals surface area contributed by atoms with Gasteiger partial charge in [-0.25, -0.2) is 4.79 Å². The zero-order valence-electron chi connectivity index (χ0n) is 9.74. The van der Waals surface area contributed by atoms with Crippen molar-refractivity contribution in [3.63, 3.8) is 0 Å². The summed E-state index contributed by atoms with van der Waals surface area (Å²) in [6.07, 6.45) is 0.870. The first kappa shape index (κ1) is 12.4. The van der Waals surface area contributed by atoms with Crippen LogP contribution in [0.1, 0.15) is 20.8 Å². The van der Waals surface area contributed by atoms with E-state index in [9.17, 15) is 9.59 Å². The van der Waals surface area contributed by atoms with E-state index >= 15 is 0 Å². The van der Waals surface area contributed by atoms with Crippen LogP contribution in [0.3, 0.4) is 0 Å². The van der Waals surface area contributed by atoms with E-state index in [1.54, 1.807) is 20.8 Å². The highest BCUT2D eigenvalue weighted by molar-refractivity contribution is 5.95. The average Bonchev–Trinajstić information content (AvgIpc) is 2.15. The summed E-state index contributed by atoms with van der Waals surface area (Å²) in [5.74, 6) is -0.655. The van der Waals surface area contributed by atoms with Crippen molar-refractivity contribution in [1.82, 2.24) is 10.2 Å². The number of hydrogen-bond donors (Lipinski definition) is 2. The van der Waals surface area contributed by atoms with Gasteiger partial charge in [0.25, 0.3) is 5.91 Å². The maximum absolute atomic E-state index is 11.8. The molecule has 1 aliphatic heterocycles. The summed E-state index contributed by atoms with van der Waals surface area (Å²) in [6.45, 7) is 6.22. The summed E-state index contributed by atoms with van der Waals surface area (Å²) in [5.41, 5.74) is 4.70. The Morgan fingerprint density at radius 1 is 1.50 bits per heavy atom. The van der Waals surface area contributed by atoms with Gasteiger partial charge in [-0.3, -0.25) is 9.69 Å². The number of rotatable bonds is 1. The maximum Gasteiger partial charge on any atom is 0.415 e. The quantitative estimate of drug-likeness (QED) is 0.668. The van der Waals surface area contributed by atoms with Crippen molar-refractivity contribution in [2.24, 2.45) is 5.73 Å². The predicted molar refractivity (Wildman–Crippen MR) is 58.2 cm³/mol. The lowest BCUT2D eigenvalue weighted by Gasteiger charge is -2.30. The second kappa shape index (κ2) is 4.42. The third-order valence-electron chi connectivity index (χ3n) is 1.88. The molecule has 0 aromatic carbocycles. The standard InChI is InChI=1S/C10H17N3O3/c1-10(2,3)16-9(15)13-5-4-12-6-7(13)8(11)14/h6,12H,4-5H2,1-3H3,(H2,11,14). The normalized spacial score (nSPS) is 16.2. The maximum atomic E-state index is 11.8. The number of nitrogens with two attached hydrogens (primary N) is 1. The van der Waals surface area contributed by atoms with Crippen molar-refractivity contribution in [3.05, 3.63) is 11.9 Å². The summed E-state index contributed by atoms with van der Waals surface area (Å²) in [6, 6.07) is 0. The molecule has 1 rings (SSSR count). The molecule has 0 aromatic heterocycles. The van der Waals surface area contributed by atoms with Crippen molar-refractivity contribution in [2.75, 3.05) is 13.1 Å². The van der Waals surface area contributed by atoms with E-state index in [0.717, 1.165) is 0 Å². The number of nitrogens with one attached hydrogen (secondary N) is 1. The molecule has 0 spiro atoms. The number of ether oxygens (including phenoxy) is 1. The van der Waals surface area contributed by atoms with Gasteiger partial charge in [0, 0.05) is 19.3 Å². The molecule has 0 saturated heterocycles. The van der Waals surface area contributed by atoms with Gasteiger partial charge in [0.05, 0.1) is 0 Å². The molecule has 0 radical (unpaired) electrons. The minimum Gasteiger partial charge on any atom is -0.443 e. The summed E-state index contributed by atoms with van der Waals surface area (Å²) < 4.78 is 5.17. The third-order valence-corrected chi connectivity index (χ3v) is 1.88. The zero-order valence-corrected chi connectivity index (χ0v) is 9.74. The van der Waals surface area contributed by atoms with Crippen LogP contribution in [0.15, 0.2) is 11.9 Å². The van der Waals surface area contributed by atoms with E-state index in [4.69, 9.17) is 10.5 Å². The van der Waals surface area contributed by atoms with Crippen LogP contribution in [-0.4, -0.2) is 35.6 Å². The van der Waals surface area contributed by atoms with Gasteiger partial charge in [-0.05, 0) is 20.8 Å². The molecule has 0 bridgehead atoms. The number of primary amides is 1. The van der Waals surface area contributed by atoms with Crippen LogP contribution < -0.4 is 11.1 Å². The fourth-order valence-corrected chi connectivity index (χ4v) is 1.25. The van der Waals surface area contributed by atoms with E-state index in [-0.39, 0.29) is 5.70 Å². The summed E-state index contributed by atoms with van der Waals surface area (Å²) in [7, 11) is 0. The van der Waals surface area contributed by atoms with Crippen molar-refractivity contribution in [2.45, 2.75) is 26.4 Å². The lowest BCUT2D eigenvalue weighted by atomic mass is 10.2. The Morgan fingerprint density at radius 3 is 2.62 bits per heavy atom. The number of carbonyl (C=O) groups excluding carboxylic acids is 2. The Morgan fingerprint density at radius 2 is 2.12 bits per heavy atom. The first-order valence-electron chi connectivity index (χ1n) is 5.05. The van der Waals surface area contributed by atoms with Crippen molar-refractivity contribution in [3.8, 4) is 0 Å². The molecule has 1 heterocycles. The minimum absolute atomic E-state index is 0.125. The van der Waals surface area contributed by atoms with Crippen LogP contribution in [0.2, 0.25) is 0 Å². The van der Waals surface area contributed by atoms with Crippen molar-refractivity contribution < 1.29 is 14.3 Å². The lowest BCUT2D eigenvalue weighted by molar-refractivity contribution is -0.116. The van der Waals surface area contributed by atoms with E-state index < -0.39 is 17.6 Å². The molecule has 0 aliphatic carbocycles. The Balaban J connectivity index is 2.78. The predicted octanol–water partition coefficient (Wildman–Crippen LogP) is 0.153. The topological polar surface area (TPSA) is 84.7 Å². The minimum atomic E-state index is -0.655. The first-order chi connectivity index (χ1) is 7.31. The van der Waals surface area contributed by atoms with Gasteiger partial charge >= 0.3 is 6.09 Å². The van der Waals surface area contributed by atoms with Crippen LogP contribution in [0.5, 0.6) is 0 Å². The lowest BCUT2D eigenvalue weighted by Crippen LogP contribution is -2.46. The van der Waals surface area contributed by atoms with Crippen LogP contribution in [0, 0.1) is 0 Å². The van der Waals surface area contributed by atoms with Gasteiger partial charge in [0.1, 0.15) is 11.3 Å². The Bertz CT molecular complexity index is 331. The van der Waals surface area contributed by atoms with Gasteiger partial charge in [-0.1, -0.05) is 0 Å². The third kappa shape index (κ3) is 3.15. The van der Waals surface area contributed by atoms with E-state index in [1.807, 2.05) is 0 Å². The molecule has 1 aliphatic rings. The molecule has 3 N–H and O–H groups in total. The van der Waals surface area contributed by atoms with Crippen molar-refractivity contribution >= 4 is 12.0 Å². The molecule has 0 unspecified atom stereocenters. The molecule has 90 valence electrons. The van der Waals surface area contributed by atoms with Gasteiger partial charge in [0.2, 0.25) is 0 Å². The summed E-state index contributed by atoms with van der Waals surface area (Å²) in [5, 5.41) is 2.85. The Hall–Kier alpha value is -1.72. The fraction of sp³-hybridized carbons (Fsp3) is 0.600. The van der Waals surface area contributed by atoms with Gasteiger partial charge in [-0.15, -0.1) is 0 Å². The SMILES string of the molecule is CC(C)(C)OC(=O)N1CCNC=C1C(N)=O. The van der Waals surface area contributed by atoms with Crippen molar-refractivity contribution in [1.29, 1.82) is 0 Å². The highest BCUT2D eigenvalue weighted by atomic mass is 16.6. The molecular formula is C10H17N3O3. The first-order valence-corrected chi connectivity index (χ1v) is 5.05. The summed E-state index contributed by atoms with van der Waals surface area (Å²) >= 11 is 0. The highest BCUT2D eigenvalue weighted by Crippen LogP contribution is 2.14. The van der Waals surface area contributed by atoms with Gasteiger partial charge in [-0.2, -0.15) is 0 Å². The van der Waals surface area contributed by atoms with E-state index in [2.05, 4.69) is 5.32 Å². The highest BCUT2D eigenvalue weighted by Gasteiger charge is 2.28. The molecule has 0 aromatic rings. The monoisotopic (exact) mass is 227 g/mol. The molecule has 0 fully saturated rings. The Kier molecular flexibility index (Phi) is 3.41. The van der Waals surface area contributed by atoms with Crippen LogP contribution in [0.25, 0.3) is 0 Å². The number of amides is 2. The number of nitrogens with zero attached hydrogens (tertiary/aromatic N) is 1. The van der Waals surface area contributed by atoms with Crippen LogP contribution in [0.4, 0.5) is 4.79 Å². The molecular weight excluding hydrogens is 210 g/mol. The number of hydrogen-bond acceptors (Lipinski definition) is 4. The largest absolute Gasteiger partial charge is 0.443 e. The zero-order chi connectivity index (χ0) is 12.3. The number of carbonyl (C=O) groups is 2. The van der Waals surface area contributed by atoms with Crippen LogP contribution in [-0.2, 0) is 9.53 Å². The van der Waals surface area contributed by atoms with E-state index in [1.165, 1.54) is 11.1 Å². The second-order valence-electron chi connectivity index (χ2n) is 4.48. The molecule has 0 saturated carbocycles. The fourth-order valence-electron chi connectivity index (χ4n) is 1.25. The van der Waals surface area contributed by atoms with E-state index in [0.29, 0.717) is 13.1 Å². The molecule has 16 heavy (non-hydrogen) atoms. The second-order valence-corrected chi connectivity index (χ2v) is 4.48.